The predicted molar refractivity (Wildman–Crippen MR) is 147 cm³/mol. The first-order chi connectivity index (χ1) is 18.7. The molecular weight excluding hydrogens is 524 g/mol. The maximum atomic E-state index is 13.6. The lowest BCUT2D eigenvalue weighted by Crippen LogP contribution is -2.34. The zero-order valence-corrected chi connectivity index (χ0v) is 21.1. The molecule has 0 aliphatic carbocycles. The SMILES string of the molecule is O=C(O)Nc1ccc(CNC(=O)C(Cc2ccccc2)c2c(-c3cc(Cl)ccc3[N+](=O)[O-])cc[nH]c2=O)cc1. The number of nitrogens with zero attached hydrogens (tertiary/aromatic N) is 1. The molecule has 39 heavy (non-hydrogen) atoms. The second-order valence-electron chi connectivity index (χ2n) is 8.64. The number of carbonyl (C=O) groups is 2. The first kappa shape index (κ1) is 27.1. The van der Waals surface area contributed by atoms with E-state index in [0.717, 1.165) is 5.56 Å². The van der Waals surface area contributed by atoms with Gasteiger partial charge in [0.15, 0.2) is 0 Å². The van der Waals surface area contributed by atoms with Crippen molar-refractivity contribution in [3.63, 3.8) is 0 Å². The standard InChI is InChI=1S/C28H23ClN4O6/c29-19-8-11-24(33(38)39)22(15-19)21-12-13-30-27(35)25(21)23(14-17-4-2-1-3-5-17)26(34)31-16-18-6-9-20(10-7-18)32-28(36)37/h1-13,15,23,32H,14,16H2,(H,30,35)(H,31,34)(H,36,37). The van der Waals surface area contributed by atoms with Gasteiger partial charge in [0.25, 0.3) is 11.2 Å². The second kappa shape index (κ2) is 12.1. The van der Waals surface area contributed by atoms with Crippen LogP contribution in [0.15, 0.2) is 89.9 Å². The molecule has 0 saturated heterocycles. The van der Waals surface area contributed by atoms with E-state index in [0.29, 0.717) is 11.3 Å². The maximum Gasteiger partial charge on any atom is 0.409 e. The third-order valence-corrected chi connectivity index (χ3v) is 6.30. The highest BCUT2D eigenvalue weighted by molar-refractivity contribution is 6.31. The number of carboxylic acid groups (broad SMARTS) is 1. The molecule has 0 radical (unpaired) electrons. The number of aromatic amines is 1. The van der Waals surface area contributed by atoms with Crippen LogP contribution < -0.4 is 16.2 Å². The summed E-state index contributed by atoms with van der Waals surface area (Å²) in [6.45, 7) is 0.106. The second-order valence-corrected chi connectivity index (χ2v) is 9.08. The molecule has 1 heterocycles. The van der Waals surface area contributed by atoms with Crippen molar-refractivity contribution < 1.29 is 19.6 Å². The Morgan fingerprint density at radius 1 is 0.974 bits per heavy atom. The van der Waals surface area contributed by atoms with E-state index < -0.39 is 28.4 Å². The van der Waals surface area contributed by atoms with Crippen molar-refractivity contribution in [3.05, 3.63) is 127 Å². The summed E-state index contributed by atoms with van der Waals surface area (Å²) in [5.74, 6) is -1.46. The fourth-order valence-electron chi connectivity index (χ4n) is 4.27. The van der Waals surface area contributed by atoms with Crippen LogP contribution >= 0.6 is 11.6 Å². The average molecular weight is 547 g/mol. The summed E-state index contributed by atoms with van der Waals surface area (Å²) in [6.07, 6.45) is 0.335. The Labute approximate surface area is 227 Å². The number of nitro benzene ring substituents is 1. The molecule has 4 rings (SSSR count). The van der Waals surface area contributed by atoms with Gasteiger partial charge in [-0.25, -0.2) is 4.79 Å². The summed E-state index contributed by atoms with van der Waals surface area (Å²) < 4.78 is 0. The van der Waals surface area contributed by atoms with Crippen LogP contribution in [0, 0.1) is 10.1 Å². The van der Waals surface area contributed by atoms with Gasteiger partial charge in [-0.2, -0.15) is 0 Å². The van der Waals surface area contributed by atoms with Crippen LogP contribution in [0.4, 0.5) is 16.2 Å². The topological polar surface area (TPSA) is 154 Å². The third kappa shape index (κ3) is 6.68. The van der Waals surface area contributed by atoms with Crippen molar-refractivity contribution in [2.45, 2.75) is 18.9 Å². The number of benzene rings is 3. The van der Waals surface area contributed by atoms with E-state index in [2.05, 4.69) is 15.6 Å². The largest absolute Gasteiger partial charge is 0.465 e. The Kier molecular flexibility index (Phi) is 8.37. The lowest BCUT2D eigenvalue weighted by atomic mass is 9.86. The number of carbonyl (C=O) groups excluding carboxylic acids is 1. The van der Waals surface area contributed by atoms with Crippen molar-refractivity contribution in [2.24, 2.45) is 0 Å². The van der Waals surface area contributed by atoms with E-state index in [1.807, 2.05) is 30.3 Å². The monoisotopic (exact) mass is 546 g/mol. The lowest BCUT2D eigenvalue weighted by Gasteiger charge is -2.20. The van der Waals surface area contributed by atoms with Gasteiger partial charge in [-0.05, 0) is 53.4 Å². The quantitative estimate of drug-likeness (QED) is 0.164. The summed E-state index contributed by atoms with van der Waals surface area (Å²) in [5, 5.41) is 26.0. The number of nitrogens with one attached hydrogen (secondary N) is 3. The third-order valence-electron chi connectivity index (χ3n) is 6.06. The van der Waals surface area contributed by atoms with E-state index in [9.17, 15) is 24.5 Å². The van der Waals surface area contributed by atoms with Gasteiger partial charge >= 0.3 is 6.09 Å². The molecule has 0 saturated carbocycles. The lowest BCUT2D eigenvalue weighted by molar-refractivity contribution is -0.384. The van der Waals surface area contributed by atoms with Crippen molar-refractivity contribution in [1.82, 2.24) is 10.3 Å². The Hall–Kier alpha value is -4.96. The highest BCUT2D eigenvalue weighted by atomic mass is 35.5. The zero-order chi connectivity index (χ0) is 27.9. The Balaban J connectivity index is 1.73. The Morgan fingerprint density at radius 3 is 2.36 bits per heavy atom. The molecule has 2 amide bonds. The minimum atomic E-state index is -1.19. The normalized spacial score (nSPS) is 11.4. The van der Waals surface area contributed by atoms with E-state index in [1.165, 1.54) is 30.5 Å². The molecule has 10 nitrogen and oxygen atoms in total. The summed E-state index contributed by atoms with van der Waals surface area (Å²) in [4.78, 5) is 51.5. The predicted octanol–water partition coefficient (Wildman–Crippen LogP) is 5.34. The van der Waals surface area contributed by atoms with Crippen LogP contribution in [-0.4, -0.2) is 27.0 Å². The highest BCUT2D eigenvalue weighted by Gasteiger charge is 2.29. The molecule has 198 valence electrons. The molecule has 1 aromatic heterocycles. The molecule has 0 aliphatic heterocycles. The number of amides is 2. The van der Waals surface area contributed by atoms with E-state index in [-0.39, 0.29) is 40.4 Å². The van der Waals surface area contributed by atoms with E-state index in [1.54, 1.807) is 24.3 Å². The van der Waals surface area contributed by atoms with Gasteiger partial charge in [0.1, 0.15) is 0 Å². The number of aromatic nitrogens is 1. The van der Waals surface area contributed by atoms with Crippen molar-refractivity contribution >= 4 is 35.0 Å². The Bertz CT molecular complexity index is 1570. The molecule has 0 fully saturated rings. The van der Waals surface area contributed by atoms with Crippen LogP contribution in [-0.2, 0) is 17.8 Å². The number of anilines is 1. The number of nitro groups is 1. The molecule has 4 aromatic rings. The smallest absolute Gasteiger partial charge is 0.409 e. The van der Waals surface area contributed by atoms with Gasteiger partial charge < -0.3 is 15.4 Å². The van der Waals surface area contributed by atoms with Gasteiger partial charge in [-0.1, -0.05) is 54.1 Å². The summed E-state index contributed by atoms with van der Waals surface area (Å²) in [7, 11) is 0. The van der Waals surface area contributed by atoms with Gasteiger partial charge in [0.2, 0.25) is 5.91 Å². The minimum absolute atomic E-state index is 0.0743. The molecule has 0 bridgehead atoms. The highest BCUT2D eigenvalue weighted by Crippen LogP contribution is 2.36. The minimum Gasteiger partial charge on any atom is -0.465 e. The number of H-pyrrole nitrogens is 1. The number of hydrogen-bond acceptors (Lipinski definition) is 5. The van der Waals surface area contributed by atoms with Crippen LogP contribution in [0.3, 0.4) is 0 Å². The number of pyridine rings is 1. The molecule has 11 heteroatoms. The molecule has 1 atom stereocenters. The van der Waals surface area contributed by atoms with Gasteiger partial charge in [-0.3, -0.25) is 25.0 Å². The maximum absolute atomic E-state index is 13.6. The fourth-order valence-corrected chi connectivity index (χ4v) is 4.44. The number of hydrogen-bond donors (Lipinski definition) is 4. The van der Waals surface area contributed by atoms with Gasteiger partial charge in [0.05, 0.1) is 16.4 Å². The van der Waals surface area contributed by atoms with Crippen molar-refractivity contribution in [3.8, 4) is 11.1 Å². The summed E-state index contributed by atoms with van der Waals surface area (Å²) in [6, 6.07) is 21.1. The van der Waals surface area contributed by atoms with Crippen LogP contribution in [0.25, 0.3) is 11.1 Å². The molecule has 0 aliphatic rings. The summed E-state index contributed by atoms with van der Waals surface area (Å²) in [5.41, 5.74) is 1.49. The molecule has 4 N–H and O–H groups in total. The van der Waals surface area contributed by atoms with Gasteiger partial charge in [-0.15, -0.1) is 0 Å². The number of halogens is 1. The Morgan fingerprint density at radius 2 is 1.69 bits per heavy atom. The first-order valence-corrected chi connectivity index (χ1v) is 12.2. The molecule has 3 aromatic carbocycles. The zero-order valence-electron chi connectivity index (χ0n) is 20.4. The van der Waals surface area contributed by atoms with E-state index >= 15 is 0 Å². The average Bonchev–Trinajstić information content (AvgIpc) is 2.91. The van der Waals surface area contributed by atoms with Crippen molar-refractivity contribution in [1.29, 1.82) is 0 Å². The molecular formula is C28H23ClN4O6. The number of rotatable bonds is 9. The molecule has 1 unspecified atom stereocenters. The van der Waals surface area contributed by atoms with E-state index in [4.69, 9.17) is 16.7 Å². The van der Waals surface area contributed by atoms with Crippen molar-refractivity contribution in [2.75, 3.05) is 5.32 Å². The fraction of sp³-hybridized carbons (Fsp3) is 0.107. The van der Waals surface area contributed by atoms with Crippen LogP contribution in [0.2, 0.25) is 5.02 Å². The van der Waals surface area contributed by atoms with Gasteiger partial charge in [0, 0.05) is 35.1 Å². The first-order valence-electron chi connectivity index (χ1n) is 11.8. The van der Waals surface area contributed by atoms with Crippen LogP contribution in [0.1, 0.15) is 22.6 Å². The molecule has 0 spiro atoms. The van der Waals surface area contributed by atoms with Crippen LogP contribution in [0.5, 0.6) is 0 Å². The summed E-state index contributed by atoms with van der Waals surface area (Å²) >= 11 is 6.17.